The fourth-order valence-corrected chi connectivity index (χ4v) is 5.78. The number of hydrogen-bond donors (Lipinski definition) is 1. The van der Waals surface area contributed by atoms with Gasteiger partial charge >= 0.3 is 0 Å². The molecule has 8 heteroatoms. The van der Waals surface area contributed by atoms with Crippen molar-refractivity contribution in [1.82, 2.24) is 4.98 Å². The molecule has 0 unspecified atom stereocenters. The topological polar surface area (TPSA) is 76.1 Å². The highest BCUT2D eigenvalue weighted by molar-refractivity contribution is 7.98. The molecule has 1 amide bonds. The molecule has 1 heterocycles. The van der Waals surface area contributed by atoms with Crippen LogP contribution in [-0.4, -0.2) is 30.3 Å². The number of thioether (sulfide) groups is 1. The summed E-state index contributed by atoms with van der Waals surface area (Å²) in [6, 6.07) is 9.49. The van der Waals surface area contributed by atoms with Gasteiger partial charge in [0.2, 0.25) is 5.91 Å². The summed E-state index contributed by atoms with van der Waals surface area (Å²) in [6.45, 7) is 0. The summed E-state index contributed by atoms with van der Waals surface area (Å²) in [5.41, 5.74) is 0.491. The van der Waals surface area contributed by atoms with Crippen molar-refractivity contribution < 1.29 is 13.2 Å². The summed E-state index contributed by atoms with van der Waals surface area (Å²) in [7, 11) is -3.84. The van der Waals surface area contributed by atoms with E-state index < -0.39 is 20.5 Å². The number of benzene rings is 1. The molecule has 26 heavy (non-hydrogen) atoms. The lowest BCUT2D eigenvalue weighted by molar-refractivity contribution is -0.118. The number of carbonyl (C=O) groups is 1. The van der Waals surface area contributed by atoms with Gasteiger partial charge in [0.25, 0.3) is 0 Å². The van der Waals surface area contributed by atoms with Crippen LogP contribution in [0.4, 0.5) is 5.69 Å². The number of rotatable bonds is 5. The van der Waals surface area contributed by atoms with Gasteiger partial charge in [0.1, 0.15) is 0 Å². The summed E-state index contributed by atoms with van der Waals surface area (Å²) < 4.78 is 25.1. The van der Waals surface area contributed by atoms with Gasteiger partial charge in [0.15, 0.2) is 14.6 Å². The standard InChI is InChI=1S/C18H19ClN2O3S2/c1-25-16-9-6-14(12-20-16)21-17(22)18(10-2-3-11-18)26(23,24)15-7-4-13(19)5-8-15/h4-9,12H,2-3,10-11H2,1H3,(H,21,22). The highest BCUT2D eigenvalue weighted by Gasteiger charge is 2.52. The third-order valence-corrected chi connectivity index (χ3v) is 8.09. The Morgan fingerprint density at radius 1 is 1.15 bits per heavy atom. The summed E-state index contributed by atoms with van der Waals surface area (Å²) in [4.78, 5) is 17.4. The second-order valence-electron chi connectivity index (χ2n) is 6.20. The normalized spacial score (nSPS) is 16.4. The van der Waals surface area contributed by atoms with Crippen LogP contribution in [0.2, 0.25) is 5.02 Å². The molecule has 2 aromatic rings. The molecule has 0 aliphatic heterocycles. The van der Waals surface area contributed by atoms with Crippen LogP contribution in [0.25, 0.3) is 0 Å². The number of aromatic nitrogens is 1. The second-order valence-corrected chi connectivity index (χ2v) is 9.72. The molecule has 0 atom stereocenters. The molecule has 1 fully saturated rings. The maximum Gasteiger partial charge on any atom is 0.246 e. The van der Waals surface area contributed by atoms with E-state index in [2.05, 4.69) is 10.3 Å². The van der Waals surface area contributed by atoms with E-state index in [1.165, 1.54) is 36.0 Å². The van der Waals surface area contributed by atoms with Crippen molar-refractivity contribution in [2.24, 2.45) is 0 Å². The third kappa shape index (κ3) is 3.48. The molecule has 0 bridgehead atoms. The first-order valence-electron chi connectivity index (χ1n) is 8.21. The van der Waals surface area contributed by atoms with Crippen LogP contribution < -0.4 is 5.32 Å². The van der Waals surface area contributed by atoms with Gasteiger partial charge in [-0.1, -0.05) is 24.4 Å². The number of anilines is 1. The number of nitrogens with zero attached hydrogens (tertiary/aromatic N) is 1. The van der Waals surface area contributed by atoms with E-state index in [1.807, 2.05) is 6.26 Å². The van der Waals surface area contributed by atoms with Gasteiger partial charge < -0.3 is 5.32 Å². The van der Waals surface area contributed by atoms with E-state index in [1.54, 1.807) is 18.3 Å². The van der Waals surface area contributed by atoms with E-state index in [9.17, 15) is 13.2 Å². The average Bonchev–Trinajstić information content (AvgIpc) is 3.14. The monoisotopic (exact) mass is 410 g/mol. The lowest BCUT2D eigenvalue weighted by Gasteiger charge is -2.27. The van der Waals surface area contributed by atoms with Crippen molar-refractivity contribution in [3.8, 4) is 0 Å². The minimum Gasteiger partial charge on any atom is -0.323 e. The van der Waals surface area contributed by atoms with E-state index >= 15 is 0 Å². The quantitative estimate of drug-likeness (QED) is 0.748. The first-order chi connectivity index (χ1) is 12.4. The van der Waals surface area contributed by atoms with Crippen LogP contribution >= 0.6 is 23.4 Å². The van der Waals surface area contributed by atoms with Crippen molar-refractivity contribution in [2.45, 2.75) is 40.4 Å². The average molecular weight is 411 g/mol. The molecule has 0 spiro atoms. The zero-order valence-electron chi connectivity index (χ0n) is 14.2. The molecule has 1 saturated carbocycles. The maximum atomic E-state index is 13.3. The molecule has 138 valence electrons. The van der Waals surface area contributed by atoms with Crippen LogP contribution in [0.3, 0.4) is 0 Å². The van der Waals surface area contributed by atoms with E-state index in [-0.39, 0.29) is 4.90 Å². The molecule has 1 N–H and O–H groups in total. The fraction of sp³-hybridized carbons (Fsp3) is 0.333. The predicted octanol–water partition coefficient (Wildman–Crippen LogP) is 4.18. The van der Waals surface area contributed by atoms with Crippen molar-refractivity contribution >= 4 is 44.8 Å². The van der Waals surface area contributed by atoms with Gasteiger partial charge in [0.05, 0.1) is 21.8 Å². The van der Waals surface area contributed by atoms with Crippen LogP contribution in [0, 0.1) is 0 Å². The molecule has 1 aliphatic rings. The first-order valence-corrected chi connectivity index (χ1v) is 11.3. The number of sulfone groups is 1. The Morgan fingerprint density at radius 2 is 1.81 bits per heavy atom. The smallest absolute Gasteiger partial charge is 0.246 e. The molecule has 1 aliphatic carbocycles. The Hall–Kier alpha value is -1.57. The summed E-state index contributed by atoms with van der Waals surface area (Å²) in [5.74, 6) is -0.497. The number of hydrogen-bond acceptors (Lipinski definition) is 5. The Kier molecular flexibility index (Phi) is 5.60. The molecule has 0 saturated heterocycles. The minimum absolute atomic E-state index is 0.120. The maximum absolute atomic E-state index is 13.3. The van der Waals surface area contributed by atoms with Crippen LogP contribution in [-0.2, 0) is 14.6 Å². The van der Waals surface area contributed by atoms with E-state index in [4.69, 9.17) is 11.6 Å². The summed E-state index contributed by atoms with van der Waals surface area (Å²) >= 11 is 7.36. The van der Waals surface area contributed by atoms with Gasteiger partial charge in [-0.25, -0.2) is 13.4 Å². The fourth-order valence-electron chi connectivity index (χ4n) is 3.22. The summed E-state index contributed by atoms with van der Waals surface area (Å²) in [5, 5.41) is 4.03. The van der Waals surface area contributed by atoms with Crippen molar-refractivity contribution in [3.05, 3.63) is 47.6 Å². The summed E-state index contributed by atoms with van der Waals surface area (Å²) in [6.07, 6.45) is 5.46. The number of nitrogens with one attached hydrogen (secondary N) is 1. The van der Waals surface area contributed by atoms with Gasteiger partial charge in [-0.05, 0) is 55.5 Å². The Bertz CT molecular complexity index is 891. The van der Waals surface area contributed by atoms with E-state index in [0.717, 1.165) is 5.03 Å². The lowest BCUT2D eigenvalue weighted by atomic mass is 10.1. The highest BCUT2D eigenvalue weighted by Crippen LogP contribution is 2.41. The third-order valence-electron chi connectivity index (χ3n) is 4.67. The number of pyridine rings is 1. The van der Waals surface area contributed by atoms with Crippen LogP contribution in [0.15, 0.2) is 52.5 Å². The van der Waals surface area contributed by atoms with Crippen LogP contribution in [0.1, 0.15) is 25.7 Å². The Morgan fingerprint density at radius 3 is 2.35 bits per heavy atom. The molecule has 1 aromatic carbocycles. The van der Waals surface area contributed by atoms with Gasteiger partial charge in [-0.3, -0.25) is 4.79 Å². The predicted molar refractivity (Wildman–Crippen MR) is 104 cm³/mol. The second kappa shape index (κ2) is 7.58. The molecule has 1 aromatic heterocycles. The molecule has 0 radical (unpaired) electrons. The van der Waals surface area contributed by atoms with Gasteiger partial charge in [-0.2, -0.15) is 0 Å². The van der Waals surface area contributed by atoms with Crippen LogP contribution in [0.5, 0.6) is 0 Å². The molecule has 3 rings (SSSR count). The van der Waals surface area contributed by atoms with Gasteiger partial charge in [0, 0.05) is 5.02 Å². The SMILES string of the molecule is CSc1ccc(NC(=O)C2(S(=O)(=O)c3ccc(Cl)cc3)CCCC2)cn1. The van der Waals surface area contributed by atoms with Crippen molar-refractivity contribution in [1.29, 1.82) is 0 Å². The highest BCUT2D eigenvalue weighted by atomic mass is 35.5. The molecular formula is C18H19ClN2O3S2. The first kappa shape index (κ1) is 19.2. The largest absolute Gasteiger partial charge is 0.323 e. The number of halogens is 1. The Labute approximate surface area is 162 Å². The zero-order chi connectivity index (χ0) is 18.8. The van der Waals surface area contributed by atoms with E-state index in [0.29, 0.717) is 36.4 Å². The van der Waals surface area contributed by atoms with Gasteiger partial charge in [-0.15, -0.1) is 11.8 Å². The number of carbonyl (C=O) groups excluding carboxylic acids is 1. The van der Waals surface area contributed by atoms with Crippen molar-refractivity contribution in [3.63, 3.8) is 0 Å². The molecule has 5 nitrogen and oxygen atoms in total. The minimum atomic E-state index is -3.84. The van der Waals surface area contributed by atoms with Crippen molar-refractivity contribution in [2.75, 3.05) is 11.6 Å². The zero-order valence-corrected chi connectivity index (χ0v) is 16.6. The number of amides is 1. The molecular weight excluding hydrogens is 392 g/mol. The Balaban J connectivity index is 1.93. The lowest BCUT2D eigenvalue weighted by Crippen LogP contribution is -2.47.